The van der Waals surface area contributed by atoms with E-state index in [1.165, 1.54) is 0 Å². The number of rotatable bonds is 2. The maximum Gasteiger partial charge on any atom is 0.276 e. The van der Waals surface area contributed by atoms with Crippen LogP contribution in [0.25, 0.3) is 0 Å². The SMILES string of the molecule is Cc1cnc(NC(=O)c2ccc(Br)cn2)[nH]1. The molecule has 2 rings (SSSR count). The number of aromatic amines is 1. The molecule has 0 aromatic carbocycles. The Bertz CT molecular complexity index is 506. The highest BCUT2D eigenvalue weighted by molar-refractivity contribution is 9.10. The van der Waals surface area contributed by atoms with Crippen molar-refractivity contribution in [1.29, 1.82) is 0 Å². The van der Waals surface area contributed by atoms with Gasteiger partial charge in [0.2, 0.25) is 5.95 Å². The zero-order valence-electron chi connectivity index (χ0n) is 8.49. The number of carbonyl (C=O) groups is 1. The van der Waals surface area contributed by atoms with E-state index in [2.05, 4.69) is 36.2 Å². The molecule has 0 saturated heterocycles. The minimum atomic E-state index is -0.290. The van der Waals surface area contributed by atoms with Crippen LogP contribution in [0.1, 0.15) is 16.2 Å². The summed E-state index contributed by atoms with van der Waals surface area (Å²) in [6.45, 7) is 1.86. The van der Waals surface area contributed by atoms with Gasteiger partial charge in [-0.05, 0) is 35.0 Å². The Morgan fingerprint density at radius 1 is 1.38 bits per heavy atom. The van der Waals surface area contributed by atoms with E-state index < -0.39 is 0 Å². The maximum atomic E-state index is 11.7. The average Bonchev–Trinajstić information content (AvgIpc) is 2.65. The molecular weight excluding hydrogens is 272 g/mol. The summed E-state index contributed by atoms with van der Waals surface area (Å²) >= 11 is 3.25. The van der Waals surface area contributed by atoms with E-state index in [0.717, 1.165) is 10.2 Å². The highest BCUT2D eigenvalue weighted by Crippen LogP contribution is 2.08. The summed E-state index contributed by atoms with van der Waals surface area (Å²) < 4.78 is 0.831. The number of amides is 1. The van der Waals surface area contributed by atoms with Gasteiger partial charge in [-0.2, -0.15) is 0 Å². The van der Waals surface area contributed by atoms with Crippen LogP contribution < -0.4 is 5.32 Å². The molecule has 5 nitrogen and oxygen atoms in total. The Morgan fingerprint density at radius 2 is 2.19 bits per heavy atom. The van der Waals surface area contributed by atoms with E-state index in [1.54, 1.807) is 24.5 Å². The Labute approximate surface area is 100 Å². The van der Waals surface area contributed by atoms with E-state index in [-0.39, 0.29) is 5.91 Å². The molecule has 2 heterocycles. The second-order valence-corrected chi connectivity index (χ2v) is 4.15. The van der Waals surface area contributed by atoms with Crippen molar-refractivity contribution >= 4 is 27.8 Å². The number of H-pyrrole nitrogens is 1. The quantitative estimate of drug-likeness (QED) is 0.885. The van der Waals surface area contributed by atoms with Crippen LogP contribution in [-0.2, 0) is 0 Å². The zero-order chi connectivity index (χ0) is 11.5. The van der Waals surface area contributed by atoms with Crippen LogP contribution in [0.5, 0.6) is 0 Å². The number of hydrogen-bond acceptors (Lipinski definition) is 3. The van der Waals surface area contributed by atoms with Gasteiger partial charge in [-0.3, -0.25) is 10.1 Å². The third-order valence-corrected chi connectivity index (χ3v) is 2.36. The molecule has 1 amide bonds. The fourth-order valence-electron chi connectivity index (χ4n) is 1.16. The van der Waals surface area contributed by atoms with Gasteiger partial charge in [0.25, 0.3) is 5.91 Å². The number of aryl methyl sites for hydroxylation is 1. The number of aromatic nitrogens is 3. The lowest BCUT2D eigenvalue weighted by Gasteiger charge is -2.00. The van der Waals surface area contributed by atoms with Gasteiger partial charge in [0, 0.05) is 22.6 Å². The molecule has 0 radical (unpaired) electrons. The predicted molar refractivity (Wildman–Crippen MR) is 63.2 cm³/mol. The molecule has 2 aromatic rings. The number of halogens is 1. The van der Waals surface area contributed by atoms with Crippen molar-refractivity contribution in [3.63, 3.8) is 0 Å². The molecular formula is C10H9BrN4O. The highest BCUT2D eigenvalue weighted by atomic mass is 79.9. The molecule has 0 atom stereocenters. The van der Waals surface area contributed by atoms with Crippen LogP contribution in [0, 0.1) is 6.92 Å². The molecule has 0 aliphatic heterocycles. The average molecular weight is 281 g/mol. The number of imidazole rings is 1. The third kappa shape index (κ3) is 2.46. The van der Waals surface area contributed by atoms with Crippen molar-refractivity contribution in [2.75, 3.05) is 5.32 Å². The molecule has 0 bridgehead atoms. The summed E-state index contributed by atoms with van der Waals surface area (Å²) in [6, 6.07) is 3.39. The standard InChI is InChI=1S/C10H9BrN4O/c1-6-4-13-10(14-6)15-9(16)8-3-2-7(11)5-12-8/h2-5H,1H3,(H2,13,14,15,16). The first-order valence-corrected chi connectivity index (χ1v) is 5.39. The normalized spacial score (nSPS) is 10.1. The van der Waals surface area contributed by atoms with Gasteiger partial charge in [0.05, 0.1) is 0 Å². The molecule has 0 aliphatic rings. The molecule has 0 spiro atoms. The van der Waals surface area contributed by atoms with Gasteiger partial charge in [0.1, 0.15) is 5.69 Å². The number of nitrogens with one attached hydrogen (secondary N) is 2. The Hall–Kier alpha value is -1.69. The molecule has 2 N–H and O–H groups in total. The summed E-state index contributed by atoms with van der Waals surface area (Å²) in [5.74, 6) is 0.133. The molecule has 0 aliphatic carbocycles. The van der Waals surface area contributed by atoms with Crippen LogP contribution in [0.4, 0.5) is 5.95 Å². The first kappa shape index (κ1) is 10.8. The van der Waals surface area contributed by atoms with Gasteiger partial charge in [0.15, 0.2) is 0 Å². The molecule has 82 valence electrons. The lowest BCUT2D eigenvalue weighted by molar-refractivity contribution is 0.102. The fraction of sp³-hybridized carbons (Fsp3) is 0.100. The third-order valence-electron chi connectivity index (χ3n) is 1.89. The van der Waals surface area contributed by atoms with E-state index in [9.17, 15) is 4.79 Å². The van der Waals surface area contributed by atoms with Crippen LogP contribution in [-0.4, -0.2) is 20.9 Å². The van der Waals surface area contributed by atoms with Crippen LogP contribution in [0.15, 0.2) is 29.0 Å². The fourth-order valence-corrected chi connectivity index (χ4v) is 1.39. The minimum absolute atomic E-state index is 0.290. The smallest absolute Gasteiger partial charge is 0.276 e. The first-order valence-electron chi connectivity index (χ1n) is 4.59. The largest absolute Gasteiger partial charge is 0.328 e. The number of pyridine rings is 1. The highest BCUT2D eigenvalue weighted by Gasteiger charge is 2.08. The number of nitrogens with zero attached hydrogens (tertiary/aromatic N) is 2. The molecule has 0 saturated carbocycles. The zero-order valence-corrected chi connectivity index (χ0v) is 10.1. The van der Waals surface area contributed by atoms with Gasteiger partial charge < -0.3 is 4.98 Å². The summed E-state index contributed by atoms with van der Waals surface area (Å²) in [7, 11) is 0. The van der Waals surface area contributed by atoms with Crippen molar-refractivity contribution in [2.45, 2.75) is 6.92 Å². The molecule has 2 aromatic heterocycles. The van der Waals surface area contributed by atoms with Crippen LogP contribution in [0.3, 0.4) is 0 Å². The van der Waals surface area contributed by atoms with E-state index in [0.29, 0.717) is 11.6 Å². The predicted octanol–water partition coefficient (Wildman–Crippen LogP) is 2.13. The number of hydrogen-bond donors (Lipinski definition) is 2. The summed E-state index contributed by atoms with van der Waals surface area (Å²) in [6.07, 6.45) is 3.22. The van der Waals surface area contributed by atoms with Gasteiger partial charge in [-0.1, -0.05) is 0 Å². The number of anilines is 1. The van der Waals surface area contributed by atoms with E-state index in [1.807, 2.05) is 6.92 Å². The second-order valence-electron chi connectivity index (χ2n) is 3.23. The van der Waals surface area contributed by atoms with Crippen LogP contribution >= 0.6 is 15.9 Å². The second kappa shape index (κ2) is 4.44. The minimum Gasteiger partial charge on any atom is -0.328 e. The van der Waals surface area contributed by atoms with Crippen molar-refractivity contribution in [1.82, 2.24) is 15.0 Å². The van der Waals surface area contributed by atoms with Gasteiger partial charge in [-0.25, -0.2) is 9.97 Å². The molecule has 6 heteroatoms. The maximum absolute atomic E-state index is 11.7. The van der Waals surface area contributed by atoms with Crippen molar-refractivity contribution in [3.05, 3.63) is 40.4 Å². The van der Waals surface area contributed by atoms with E-state index >= 15 is 0 Å². The topological polar surface area (TPSA) is 70.7 Å². The van der Waals surface area contributed by atoms with Gasteiger partial charge in [-0.15, -0.1) is 0 Å². The summed E-state index contributed by atoms with van der Waals surface area (Å²) in [5, 5.41) is 2.62. The Kier molecular flexibility index (Phi) is 3.00. The Balaban J connectivity index is 2.11. The monoisotopic (exact) mass is 280 g/mol. The number of carbonyl (C=O) groups excluding carboxylic acids is 1. The molecule has 0 fully saturated rings. The van der Waals surface area contributed by atoms with E-state index in [4.69, 9.17) is 0 Å². The summed E-state index contributed by atoms with van der Waals surface area (Å²) in [4.78, 5) is 22.5. The van der Waals surface area contributed by atoms with Crippen molar-refractivity contribution < 1.29 is 4.79 Å². The lowest BCUT2D eigenvalue weighted by Crippen LogP contribution is -2.14. The first-order chi connectivity index (χ1) is 7.65. The molecule has 0 unspecified atom stereocenters. The van der Waals surface area contributed by atoms with Gasteiger partial charge >= 0.3 is 0 Å². The summed E-state index contributed by atoms with van der Waals surface area (Å²) in [5.41, 5.74) is 1.23. The van der Waals surface area contributed by atoms with Crippen molar-refractivity contribution in [2.24, 2.45) is 0 Å². The van der Waals surface area contributed by atoms with Crippen molar-refractivity contribution in [3.8, 4) is 0 Å². The lowest BCUT2D eigenvalue weighted by atomic mass is 10.3. The molecule has 16 heavy (non-hydrogen) atoms. The van der Waals surface area contributed by atoms with Crippen LogP contribution in [0.2, 0.25) is 0 Å². The Morgan fingerprint density at radius 3 is 2.75 bits per heavy atom.